The van der Waals surface area contributed by atoms with Crippen molar-refractivity contribution in [3.05, 3.63) is 35.9 Å². The molecule has 2 N–H and O–H groups in total. The van der Waals surface area contributed by atoms with E-state index in [4.69, 9.17) is 9.47 Å². The third-order valence-electron chi connectivity index (χ3n) is 5.82. The van der Waals surface area contributed by atoms with E-state index in [1.54, 1.807) is 0 Å². The molecule has 0 radical (unpaired) electrons. The highest BCUT2D eigenvalue weighted by Gasteiger charge is 2.63. The largest absolute Gasteiger partial charge is 0.481 e. The van der Waals surface area contributed by atoms with E-state index in [2.05, 4.69) is 5.32 Å². The molecule has 6 nitrogen and oxygen atoms in total. The Balaban J connectivity index is 1.55. The summed E-state index contributed by atoms with van der Waals surface area (Å²) in [6, 6.07) is 9.48. The summed E-state index contributed by atoms with van der Waals surface area (Å²) in [7, 11) is 0. The molecule has 0 aromatic heterocycles. The molecule has 0 unspecified atom stereocenters. The van der Waals surface area contributed by atoms with E-state index in [1.165, 1.54) is 0 Å². The minimum atomic E-state index is -0.831. The molecule has 2 saturated heterocycles. The van der Waals surface area contributed by atoms with Crippen molar-refractivity contribution in [3.8, 4) is 0 Å². The molecule has 3 aliphatic rings. The van der Waals surface area contributed by atoms with Crippen LogP contribution < -0.4 is 5.32 Å². The lowest BCUT2D eigenvalue weighted by molar-refractivity contribution is -0.273. The van der Waals surface area contributed by atoms with Gasteiger partial charge in [0, 0.05) is 6.54 Å². The van der Waals surface area contributed by atoms with Gasteiger partial charge in [-0.25, -0.2) is 4.79 Å². The highest BCUT2D eigenvalue weighted by Crippen LogP contribution is 2.57. The average molecular weight is 347 g/mol. The third kappa shape index (κ3) is 3.23. The topological polar surface area (TPSA) is 84.9 Å². The van der Waals surface area contributed by atoms with Crippen LogP contribution in [0.4, 0.5) is 4.79 Å². The Morgan fingerprint density at radius 3 is 2.36 bits per heavy atom. The minimum Gasteiger partial charge on any atom is -0.481 e. The molecule has 136 valence electrons. The molecule has 3 fully saturated rings. The second-order valence-electron chi connectivity index (χ2n) is 7.60. The first-order valence-corrected chi connectivity index (χ1v) is 8.67. The molecule has 2 bridgehead atoms. The van der Waals surface area contributed by atoms with E-state index in [-0.39, 0.29) is 6.61 Å². The van der Waals surface area contributed by atoms with Gasteiger partial charge in [0.2, 0.25) is 0 Å². The van der Waals surface area contributed by atoms with Gasteiger partial charge in [-0.1, -0.05) is 30.3 Å². The van der Waals surface area contributed by atoms with Gasteiger partial charge in [-0.3, -0.25) is 4.79 Å². The number of fused-ring (bicyclic) bond motifs is 3. The van der Waals surface area contributed by atoms with Crippen molar-refractivity contribution < 1.29 is 24.2 Å². The first kappa shape index (κ1) is 17.7. The Labute approximate surface area is 147 Å². The highest BCUT2D eigenvalue weighted by molar-refractivity contribution is 5.77. The summed E-state index contributed by atoms with van der Waals surface area (Å²) in [6.07, 6.45) is 1.90. The Bertz CT molecular complexity index is 647. The lowest BCUT2D eigenvalue weighted by atomic mass is 9.57. The SMILES string of the molecule is CC1(C)OC2(CNC(=O)OCc3ccccc3)CCC1(C(=O)O)CC2. The number of carbonyl (C=O) groups excluding carboxylic acids is 1. The van der Waals surface area contributed by atoms with Gasteiger partial charge in [0.25, 0.3) is 0 Å². The Hall–Kier alpha value is -2.08. The summed E-state index contributed by atoms with van der Waals surface area (Å²) in [5.41, 5.74) is -1.17. The zero-order chi connectivity index (χ0) is 18.1. The summed E-state index contributed by atoms with van der Waals surface area (Å²) >= 11 is 0. The fourth-order valence-corrected chi connectivity index (χ4v) is 4.17. The molecular formula is C19H25NO5. The van der Waals surface area contributed by atoms with Gasteiger partial charge in [-0.05, 0) is 45.1 Å². The van der Waals surface area contributed by atoms with E-state index in [0.29, 0.717) is 32.2 Å². The molecule has 1 amide bonds. The number of aliphatic carboxylic acids is 1. The lowest BCUT2D eigenvalue weighted by Gasteiger charge is -2.59. The van der Waals surface area contributed by atoms with Crippen LogP contribution in [-0.4, -0.2) is 34.9 Å². The average Bonchev–Trinajstić information content (AvgIpc) is 2.59. The van der Waals surface area contributed by atoms with Crippen LogP contribution in [0.2, 0.25) is 0 Å². The van der Waals surface area contributed by atoms with Crippen LogP contribution in [0.25, 0.3) is 0 Å². The van der Waals surface area contributed by atoms with E-state index in [9.17, 15) is 14.7 Å². The minimum absolute atomic E-state index is 0.216. The zero-order valence-corrected chi connectivity index (χ0v) is 14.7. The number of amides is 1. The number of alkyl carbamates (subject to hydrolysis) is 1. The van der Waals surface area contributed by atoms with Crippen LogP contribution in [0.15, 0.2) is 30.3 Å². The molecular weight excluding hydrogens is 322 g/mol. The normalized spacial score (nSPS) is 29.8. The van der Waals surface area contributed by atoms with Gasteiger partial charge in [0.15, 0.2) is 0 Å². The second kappa shape index (κ2) is 6.33. The van der Waals surface area contributed by atoms with Crippen LogP contribution >= 0.6 is 0 Å². The summed E-state index contributed by atoms with van der Waals surface area (Å²) in [5.74, 6) is -0.791. The zero-order valence-electron chi connectivity index (χ0n) is 14.7. The van der Waals surface area contributed by atoms with Crippen molar-refractivity contribution in [3.63, 3.8) is 0 Å². The van der Waals surface area contributed by atoms with E-state index < -0.39 is 28.7 Å². The number of carboxylic acid groups (broad SMARTS) is 1. The Morgan fingerprint density at radius 2 is 1.80 bits per heavy atom. The summed E-state index contributed by atoms with van der Waals surface area (Å²) in [6.45, 7) is 4.22. The smallest absolute Gasteiger partial charge is 0.407 e. The number of rotatable bonds is 5. The van der Waals surface area contributed by atoms with Crippen molar-refractivity contribution in [2.24, 2.45) is 5.41 Å². The second-order valence-corrected chi connectivity index (χ2v) is 7.60. The maximum atomic E-state index is 12.0. The van der Waals surface area contributed by atoms with E-state index in [0.717, 1.165) is 5.56 Å². The summed E-state index contributed by atoms with van der Waals surface area (Å²) in [5, 5.41) is 12.4. The van der Waals surface area contributed by atoms with Gasteiger partial charge < -0.3 is 19.9 Å². The van der Waals surface area contributed by atoms with Crippen molar-refractivity contribution in [1.29, 1.82) is 0 Å². The van der Waals surface area contributed by atoms with Gasteiger partial charge >= 0.3 is 12.1 Å². The first-order chi connectivity index (χ1) is 11.8. The van der Waals surface area contributed by atoms with Gasteiger partial charge in [0.05, 0.1) is 16.6 Å². The van der Waals surface area contributed by atoms with Crippen molar-refractivity contribution in [2.75, 3.05) is 6.54 Å². The van der Waals surface area contributed by atoms with Crippen LogP contribution in [0, 0.1) is 5.41 Å². The fraction of sp³-hybridized carbons (Fsp3) is 0.579. The maximum absolute atomic E-state index is 12.0. The number of carboxylic acids is 1. The summed E-state index contributed by atoms with van der Waals surface area (Å²) in [4.78, 5) is 23.7. The molecule has 0 atom stereocenters. The number of hydrogen-bond acceptors (Lipinski definition) is 4. The number of hydrogen-bond donors (Lipinski definition) is 2. The van der Waals surface area contributed by atoms with Crippen LogP contribution in [0.5, 0.6) is 0 Å². The van der Waals surface area contributed by atoms with Crippen LogP contribution in [-0.2, 0) is 20.9 Å². The standard InChI is InChI=1S/C19H25NO5/c1-17(2)19(15(21)22)10-8-18(25-17,9-11-19)13-20-16(23)24-12-14-6-4-3-5-7-14/h3-7H,8-13H2,1-2H3,(H,20,23)(H,21,22). The van der Waals surface area contributed by atoms with E-state index in [1.807, 2.05) is 44.2 Å². The van der Waals surface area contributed by atoms with Gasteiger partial charge in [-0.2, -0.15) is 0 Å². The predicted octanol–water partition coefficient (Wildman–Crippen LogP) is 3.11. The van der Waals surface area contributed by atoms with Gasteiger partial charge in [-0.15, -0.1) is 0 Å². The predicted molar refractivity (Wildman–Crippen MR) is 91.1 cm³/mol. The molecule has 2 heterocycles. The number of nitrogens with one attached hydrogen (secondary N) is 1. The Kier molecular flexibility index (Phi) is 4.49. The van der Waals surface area contributed by atoms with Crippen molar-refractivity contribution in [1.82, 2.24) is 5.32 Å². The molecule has 0 spiro atoms. The molecule has 1 saturated carbocycles. The molecule has 2 aliphatic heterocycles. The van der Waals surface area contributed by atoms with Gasteiger partial charge in [0.1, 0.15) is 6.61 Å². The monoisotopic (exact) mass is 347 g/mol. The molecule has 25 heavy (non-hydrogen) atoms. The van der Waals surface area contributed by atoms with E-state index >= 15 is 0 Å². The van der Waals surface area contributed by atoms with Crippen molar-refractivity contribution in [2.45, 2.75) is 57.3 Å². The Morgan fingerprint density at radius 1 is 1.16 bits per heavy atom. The maximum Gasteiger partial charge on any atom is 0.407 e. The molecule has 4 rings (SSSR count). The first-order valence-electron chi connectivity index (χ1n) is 8.67. The van der Waals surface area contributed by atoms with Crippen molar-refractivity contribution >= 4 is 12.1 Å². The highest BCUT2D eigenvalue weighted by atomic mass is 16.6. The lowest BCUT2D eigenvalue weighted by Crippen LogP contribution is -2.67. The number of benzene rings is 1. The summed E-state index contributed by atoms with van der Waals surface area (Å²) < 4.78 is 11.4. The quantitative estimate of drug-likeness (QED) is 0.855. The fourth-order valence-electron chi connectivity index (χ4n) is 4.17. The molecule has 1 aliphatic carbocycles. The third-order valence-corrected chi connectivity index (χ3v) is 5.82. The number of carbonyl (C=O) groups is 2. The van der Waals surface area contributed by atoms with Crippen LogP contribution in [0.1, 0.15) is 45.1 Å². The molecule has 6 heteroatoms. The molecule has 1 aromatic carbocycles. The van der Waals surface area contributed by atoms with Crippen LogP contribution in [0.3, 0.4) is 0 Å². The molecule has 1 aromatic rings. The number of ether oxygens (including phenoxy) is 2.